The lowest BCUT2D eigenvalue weighted by Gasteiger charge is -2.46. The third kappa shape index (κ3) is 2.57. The van der Waals surface area contributed by atoms with Crippen molar-refractivity contribution in [3.8, 4) is 0 Å². The lowest BCUT2D eigenvalue weighted by molar-refractivity contribution is -0.159. The molecule has 7 aliphatic rings. The van der Waals surface area contributed by atoms with Gasteiger partial charge in [0.05, 0.1) is 25.0 Å². The fourth-order valence-corrected chi connectivity index (χ4v) is 10.4. The quantitative estimate of drug-likeness (QED) is 0.495. The average molecular weight is 409 g/mol. The van der Waals surface area contributed by atoms with E-state index in [0.717, 1.165) is 40.4 Å². The molecule has 7 rings (SSSR count). The number of carbonyl (C=O) groups is 2. The van der Waals surface area contributed by atoms with Crippen LogP contribution in [0, 0.1) is 35.0 Å². The molecule has 5 bridgehead atoms. The minimum Gasteiger partial charge on any atom is -0.465 e. The van der Waals surface area contributed by atoms with E-state index in [2.05, 4.69) is 11.8 Å². The van der Waals surface area contributed by atoms with E-state index < -0.39 is 0 Å². The van der Waals surface area contributed by atoms with Crippen LogP contribution in [0.1, 0.15) is 46.0 Å². The summed E-state index contributed by atoms with van der Waals surface area (Å²) in [6, 6.07) is 0. The summed E-state index contributed by atoms with van der Waals surface area (Å²) < 4.78 is 11.6. The molecule has 0 N–H and O–H groups in total. The highest BCUT2D eigenvalue weighted by Gasteiger charge is 2.68. The third-order valence-electron chi connectivity index (χ3n) is 8.13. The Balaban J connectivity index is 0.988. The second-order valence-electron chi connectivity index (χ2n) is 10.6. The first-order valence-corrected chi connectivity index (χ1v) is 12.3. The summed E-state index contributed by atoms with van der Waals surface area (Å²) in [5, 5.41) is 2.41. The number of hydrogen-bond donors (Lipinski definition) is 0. The maximum atomic E-state index is 12.6. The van der Waals surface area contributed by atoms with Crippen LogP contribution in [0.25, 0.3) is 0 Å². The van der Waals surface area contributed by atoms with Gasteiger partial charge in [0.25, 0.3) is 0 Å². The SMILES string of the molecule is CC(C)(COC(=O)C1CC2CC1C1SC21)COC(=O)C1CC2CC13CC2S3. The number of rotatable bonds is 6. The molecule has 0 radical (unpaired) electrons. The van der Waals surface area contributed by atoms with Gasteiger partial charge in [0.1, 0.15) is 0 Å². The smallest absolute Gasteiger partial charge is 0.310 e. The predicted octanol–water partition coefficient (Wildman–Crippen LogP) is 3.52. The molecule has 7 fully saturated rings. The van der Waals surface area contributed by atoms with Crippen molar-refractivity contribution in [1.29, 1.82) is 0 Å². The summed E-state index contributed by atoms with van der Waals surface area (Å²) in [6.45, 7) is 4.72. The highest BCUT2D eigenvalue weighted by Crippen LogP contribution is 2.72. The summed E-state index contributed by atoms with van der Waals surface area (Å²) >= 11 is 4.09. The highest BCUT2D eigenvalue weighted by molar-refractivity contribution is 8.07. The molecular formula is C21H28O4S2. The van der Waals surface area contributed by atoms with E-state index >= 15 is 0 Å². The van der Waals surface area contributed by atoms with Gasteiger partial charge in [0.2, 0.25) is 0 Å². The van der Waals surface area contributed by atoms with E-state index in [0.29, 0.717) is 19.1 Å². The summed E-state index contributed by atoms with van der Waals surface area (Å²) in [4.78, 5) is 25.2. The maximum absolute atomic E-state index is 12.6. The van der Waals surface area contributed by atoms with E-state index in [-0.39, 0.29) is 33.9 Å². The van der Waals surface area contributed by atoms with E-state index in [1.807, 2.05) is 25.6 Å². The zero-order valence-electron chi connectivity index (χ0n) is 16.0. The normalized spacial score (nSPS) is 50.3. The van der Waals surface area contributed by atoms with Crippen molar-refractivity contribution in [3.63, 3.8) is 0 Å². The maximum Gasteiger partial charge on any atom is 0.310 e. The Kier molecular flexibility index (Phi) is 3.64. The van der Waals surface area contributed by atoms with Crippen LogP contribution in [0.2, 0.25) is 0 Å². The predicted molar refractivity (Wildman–Crippen MR) is 106 cm³/mol. The summed E-state index contributed by atoms with van der Waals surface area (Å²) in [7, 11) is 0. The van der Waals surface area contributed by atoms with Crippen LogP contribution in [0.5, 0.6) is 0 Å². The van der Waals surface area contributed by atoms with Crippen LogP contribution in [0.15, 0.2) is 0 Å². The van der Waals surface area contributed by atoms with E-state index in [4.69, 9.17) is 9.47 Å². The topological polar surface area (TPSA) is 52.6 Å². The number of carbonyl (C=O) groups excluding carboxylic acids is 2. The molecule has 3 heterocycles. The monoisotopic (exact) mass is 408 g/mol. The Labute approximate surface area is 169 Å². The first-order valence-electron chi connectivity index (χ1n) is 10.5. The molecule has 0 aromatic heterocycles. The molecule has 4 aliphatic carbocycles. The molecule has 3 aliphatic heterocycles. The van der Waals surface area contributed by atoms with Crippen molar-refractivity contribution >= 4 is 35.5 Å². The Morgan fingerprint density at radius 1 is 1.00 bits per heavy atom. The van der Waals surface area contributed by atoms with Crippen LogP contribution < -0.4 is 0 Å². The molecule has 9 unspecified atom stereocenters. The molecule has 1 spiro atoms. The van der Waals surface area contributed by atoms with Gasteiger partial charge < -0.3 is 9.47 Å². The molecule has 6 heteroatoms. The fourth-order valence-electron chi connectivity index (χ4n) is 6.69. The van der Waals surface area contributed by atoms with Gasteiger partial charge in [-0.15, -0.1) is 0 Å². The highest BCUT2D eigenvalue weighted by atomic mass is 32.2. The molecule has 3 saturated heterocycles. The third-order valence-corrected chi connectivity index (χ3v) is 11.7. The molecule has 4 nitrogen and oxygen atoms in total. The van der Waals surface area contributed by atoms with Gasteiger partial charge >= 0.3 is 11.9 Å². The lowest BCUT2D eigenvalue weighted by Crippen LogP contribution is -2.47. The van der Waals surface area contributed by atoms with Gasteiger partial charge in [-0.1, -0.05) is 13.8 Å². The second-order valence-corrected chi connectivity index (χ2v) is 13.6. The first-order chi connectivity index (χ1) is 12.9. The van der Waals surface area contributed by atoms with Crippen LogP contribution in [-0.2, 0) is 19.1 Å². The Hall–Kier alpha value is -0.360. The van der Waals surface area contributed by atoms with Gasteiger partial charge in [-0.2, -0.15) is 23.5 Å². The second kappa shape index (κ2) is 5.62. The van der Waals surface area contributed by atoms with Crippen molar-refractivity contribution in [2.45, 2.75) is 66.4 Å². The number of fused-ring (bicyclic) bond motifs is 5. The zero-order valence-corrected chi connectivity index (χ0v) is 17.7. The molecule has 0 aromatic rings. The molecule has 27 heavy (non-hydrogen) atoms. The fraction of sp³-hybridized carbons (Fsp3) is 0.905. The molecular weight excluding hydrogens is 380 g/mol. The summed E-state index contributed by atoms with van der Waals surface area (Å²) in [5.74, 6) is 2.22. The summed E-state index contributed by atoms with van der Waals surface area (Å²) in [5.41, 5.74) is -0.329. The molecule has 4 saturated carbocycles. The zero-order chi connectivity index (χ0) is 18.6. The van der Waals surface area contributed by atoms with Crippen molar-refractivity contribution in [1.82, 2.24) is 0 Å². The van der Waals surface area contributed by atoms with Crippen molar-refractivity contribution in [2.75, 3.05) is 13.2 Å². The van der Waals surface area contributed by atoms with Crippen molar-refractivity contribution < 1.29 is 19.1 Å². The molecule has 9 atom stereocenters. The Morgan fingerprint density at radius 3 is 2.33 bits per heavy atom. The standard InChI is InChI=1S/C21H28O4S2/c1-20(2,8-24-18(22)13-4-10-3-12(13)17-16(10)26-17)9-25-19(23)14-5-11-6-21(14)7-15(11)27-21/h10-17H,3-9H2,1-2H3. The van der Waals surface area contributed by atoms with Crippen LogP contribution >= 0.6 is 23.5 Å². The average Bonchev–Trinajstić information content (AvgIpc) is 3.02. The first kappa shape index (κ1) is 17.5. The van der Waals surface area contributed by atoms with E-state index in [1.165, 1.54) is 19.3 Å². The molecule has 148 valence electrons. The Bertz CT molecular complexity index is 700. The van der Waals surface area contributed by atoms with E-state index in [1.54, 1.807) is 0 Å². The van der Waals surface area contributed by atoms with E-state index in [9.17, 15) is 9.59 Å². The minimum atomic E-state index is -0.329. The molecule has 0 aromatic carbocycles. The van der Waals surface area contributed by atoms with Crippen LogP contribution in [-0.4, -0.2) is 45.6 Å². The van der Waals surface area contributed by atoms with Crippen molar-refractivity contribution in [2.24, 2.45) is 35.0 Å². The van der Waals surface area contributed by atoms with Gasteiger partial charge in [0, 0.05) is 25.9 Å². The lowest BCUT2D eigenvalue weighted by atomic mass is 9.86. The van der Waals surface area contributed by atoms with Crippen LogP contribution in [0.4, 0.5) is 0 Å². The number of esters is 2. The van der Waals surface area contributed by atoms with Crippen LogP contribution in [0.3, 0.4) is 0 Å². The largest absolute Gasteiger partial charge is 0.465 e. The van der Waals surface area contributed by atoms with Gasteiger partial charge in [-0.25, -0.2) is 0 Å². The number of hydrogen-bond acceptors (Lipinski definition) is 6. The molecule has 0 amide bonds. The summed E-state index contributed by atoms with van der Waals surface area (Å²) in [6.07, 6.45) is 5.71. The van der Waals surface area contributed by atoms with Gasteiger partial charge in [0.15, 0.2) is 0 Å². The Morgan fingerprint density at radius 2 is 1.74 bits per heavy atom. The van der Waals surface area contributed by atoms with Crippen molar-refractivity contribution in [3.05, 3.63) is 0 Å². The number of thioether (sulfide) groups is 2. The van der Waals surface area contributed by atoms with Gasteiger partial charge in [-0.05, 0) is 49.9 Å². The van der Waals surface area contributed by atoms with Gasteiger partial charge in [-0.3, -0.25) is 9.59 Å². The number of ether oxygens (including phenoxy) is 2. The minimum absolute atomic E-state index is 0.0169.